The van der Waals surface area contributed by atoms with Gasteiger partial charge >= 0.3 is 0 Å². The van der Waals surface area contributed by atoms with Gasteiger partial charge in [0.1, 0.15) is 5.69 Å². The van der Waals surface area contributed by atoms with Crippen LogP contribution in [-0.4, -0.2) is 51.0 Å². The van der Waals surface area contributed by atoms with E-state index in [2.05, 4.69) is 0 Å². The topological polar surface area (TPSA) is 93.0 Å². The van der Waals surface area contributed by atoms with E-state index in [1.54, 1.807) is 11.9 Å². The summed E-state index contributed by atoms with van der Waals surface area (Å²) >= 11 is 0. The van der Waals surface area contributed by atoms with Gasteiger partial charge < -0.3 is 9.64 Å². The number of rotatable bonds is 6. The number of ether oxygens (including phenoxy) is 1. The van der Waals surface area contributed by atoms with Crippen LogP contribution in [0.2, 0.25) is 0 Å². The number of nitrogens with zero attached hydrogens (tertiary/aromatic N) is 3. The molecule has 0 saturated carbocycles. The zero-order valence-electron chi connectivity index (χ0n) is 14.9. The minimum absolute atomic E-state index is 0.0760. The SMILES string of the molecule is CN(Cc1ccccc1)c1ccc(S(=O)(=O)N2CCOCC2)cc1[N+](=O)[O-]. The highest BCUT2D eigenvalue weighted by Gasteiger charge is 2.29. The van der Waals surface area contributed by atoms with Crippen molar-refractivity contribution in [1.82, 2.24) is 4.31 Å². The van der Waals surface area contributed by atoms with Gasteiger partial charge in [0.15, 0.2) is 0 Å². The monoisotopic (exact) mass is 391 g/mol. The van der Waals surface area contributed by atoms with Gasteiger partial charge in [-0.1, -0.05) is 30.3 Å². The lowest BCUT2D eigenvalue weighted by molar-refractivity contribution is -0.384. The highest BCUT2D eigenvalue weighted by Crippen LogP contribution is 2.32. The van der Waals surface area contributed by atoms with Crippen molar-refractivity contribution in [1.29, 1.82) is 0 Å². The number of nitro groups is 1. The summed E-state index contributed by atoms with van der Waals surface area (Å²) in [5.41, 5.74) is 1.13. The molecule has 9 heteroatoms. The number of hydrogen-bond donors (Lipinski definition) is 0. The average molecular weight is 391 g/mol. The van der Waals surface area contributed by atoms with Crippen LogP contribution in [0.1, 0.15) is 5.56 Å². The zero-order valence-corrected chi connectivity index (χ0v) is 15.8. The van der Waals surface area contributed by atoms with E-state index < -0.39 is 14.9 Å². The molecular weight excluding hydrogens is 370 g/mol. The molecule has 0 atom stereocenters. The van der Waals surface area contributed by atoms with Crippen LogP contribution in [0.25, 0.3) is 0 Å². The summed E-state index contributed by atoms with van der Waals surface area (Å²) in [7, 11) is -2.05. The van der Waals surface area contributed by atoms with Crippen LogP contribution in [-0.2, 0) is 21.3 Å². The zero-order chi connectivity index (χ0) is 19.4. The fraction of sp³-hybridized carbons (Fsp3) is 0.333. The molecule has 0 spiro atoms. The van der Waals surface area contributed by atoms with Gasteiger partial charge in [0.2, 0.25) is 10.0 Å². The number of nitro benzene ring substituents is 1. The molecule has 0 bridgehead atoms. The summed E-state index contributed by atoms with van der Waals surface area (Å²) in [6.45, 7) is 1.59. The molecule has 0 unspecified atom stereocenters. The Balaban J connectivity index is 1.92. The third kappa shape index (κ3) is 4.26. The van der Waals surface area contributed by atoms with E-state index in [-0.39, 0.29) is 23.7 Å². The van der Waals surface area contributed by atoms with Crippen molar-refractivity contribution in [2.24, 2.45) is 0 Å². The summed E-state index contributed by atoms with van der Waals surface area (Å²) in [5.74, 6) is 0. The first-order valence-electron chi connectivity index (χ1n) is 8.51. The molecule has 1 aliphatic rings. The van der Waals surface area contributed by atoms with Crippen LogP contribution in [0, 0.1) is 10.1 Å². The second-order valence-corrected chi connectivity index (χ2v) is 8.20. The van der Waals surface area contributed by atoms with E-state index >= 15 is 0 Å². The lowest BCUT2D eigenvalue weighted by Gasteiger charge is -2.26. The minimum atomic E-state index is -3.79. The van der Waals surface area contributed by atoms with Crippen molar-refractivity contribution in [3.05, 3.63) is 64.2 Å². The molecule has 0 amide bonds. The fourth-order valence-electron chi connectivity index (χ4n) is 3.01. The van der Waals surface area contributed by atoms with Crippen molar-refractivity contribution >= 4 is 21.4 Å². The van der Waals surface area contributed by atoms with Gasteiger partial charge in [0, 0.05) is 32.7 Å². The maximum atomic E-state index is 12.8. The number of morpholine rings is 1. The van der Waals surface area contributed by atoms with Gasteiger partial charge in [-0.2, -0.15) is 4.31 Å². The molecule has 1 aliphatic heterocycles. The van der Waals surface area contributed by atoms with Gasteiger partial charge in [-0.3, -0.25) is 10.1 Å². The van der Waals surface area contributed by atoms with Gasteiger partial charge in [-0.05, 0) is 17.7 Å². The Labute approximate surface area is 158 Å². The average Bonchev–Trinajstić information content (AvgIpc) is 2.69. The number of sulfonamides is 1. The van der Waals surface area contributed by atoms with E-state index in [0.29, 0.717) is 25.4 Å². The summed E-state index contributed by atoms with van der Waals surface area (Å²) in [5, 5.41) is 11.6. The second kappa shape index (κ2) is 8.03. The maximum Gasteiger partial charge on any atom is 0.293 e. The standard InChI is InChI=1S/C18H21N3O5S/c1-19(14-15-5-3-2-4-6-15)17-8-7-16(13-18(17)21(22)23)27(24,25)20-9-11-26-12-10-20/h2-8,13H,9-12,14H2,1H3. The summed E-state index contributed by atoms with van der Waals surface area (Å²) < 4.78 is 32.0. The number of anilines is 1. The molecule has 1 fully saturated rings. The van der Waals surface area contributed by atoms with E-state index in [9.17, 15) is 18.5 Å². The third-order valence-electron chi connectivity index (χ3n) is 4.43. The van der Waals surface area contributed by atoms with Crippen molar-refractivity contribution in [2.45, 2.75) is 11.4 Å². The molecule has 1 heterocycles. The number of benzene rings is 2. The van der Waals surface area contributed by atoms with Crippen molar-refractivity contribution < 1.29 is 18.1 Å². The van der Waals surface area contributed by atoms with E-state index in [4.69, 9.17) is 4.74 Å². The van der Waals surface area contributed by atoms with E-state index in [1.807, 2.05) is 30.3 Å². The molecule has 0 N–H and O–H groups in total. The minimum Gasteiger partial charge on any atom is -0.379 e. The van der Waals surface area contributed by atoms with Crippen molar-refractivity contribution in [2.75, 3.05) is 38.3 Å². The van der Waals surface area contributed by atoms with Gasteiger partial charge in [0.25, 0.3) is 5.69 Å². The van der Waals surface area contributed by atoms with Gasteiger partial charge in [-0.15, -0.1) is 0 Å². The first-order valence-corrected chi connectivity index (χ1v) is 9.95. The third-order valence-corrected chi connectivity index (χ3v) is 6.32. The van der Waals surface area contributed by atoms with E-state index in [0.717, 1.165) is 11.6 Å². The Bertz CT molecular complexity index is 912. The first-order chi connectivity index (χ1) is 12.9. The van der Waals surface area contributed by atoms with Crippen LogP contribution >= 0.6 is 0 Å². The molecule has 144 valence electrons. The maximum absolute atomic E-state index is 12.8. The van der Waals surface area contributed by atoms with Crippen LogP contribution < -0.4 is 4.90 Å². The molecule has 27 heavy (non-hydrogen) atoms. The molecule has 2 aromatic carbocycles. The Morgan fingerprint density at radius 1 is 1.15 bits per heavy atom. The molecule has 8 nitrogen and oxygen atoms in total. The molecule has 3 rings (SSSR count). The molecule has 0 aromatic heterocycles. The highest BCUT2D eigenvalue weighted by molar-refractivity contribution is 7.89. The lowest BCUT2D eigenvalue weighted by Crippen LogP contribution is -2.40. The van der Waals surface area contributed by atoms with Crippen LogP contribution in [0.4, 0.5) is 11.4 Å². The smallest absolute Gasteiger partial charge is 0.293 e. The molecule has 0 radical (unpaired) electrons. The quantitative estimate of drug-likeness (QED) is 0.554. The Morgan fingerprint density at radius 3 is 2.44 bits per heavy atom. The fourth-order valence-corrected chi connectivity index (χ4v) is 4.44. The lowest BCUT2D eigenvalue weighted by atomic mass is 10.2. The van der Waals surface area contributed by atoms with Crippen LogP contribution in [0.5, 0.6) is 0 Å². The van der Waals surface area contributed by atoms with Gasteiger partial charge in [-0.25, -0.2) is 8.42 Å². The molecule has 1 saturated heterocycles. The van der Waals surface area contributed by atoms with Crippen LogP contribution in [0.15, 0.2) is 53.4 Å². The predicted octanol–water partition coefficient (Wildman–Crippen LogP) is 2.25. The Kier molecular flexibility index (Phi) is 5.73. The summed E-state index contributed by atoms with van der Waals surface area (Å²) in [4.78, 5) is 12.7. The van der Waals surface area contributed by atoms with Gasteiger partial charge in [0.05, 0.1) is 23.0 Å². The van der Waals surface area contributed by atoms with Crippen LogP contribution in [0.3, 0.4) is 0 Å². The highest BCUT2D eigenvalue weighted by atomic mass is 32.2. The number of hydrogen-bond acceptors (Lipinski definition) is 6. The van der Waals surface area contributed by atoms with Crippen molar-refractivity contribution in [3.63, 3.8) is 0 Å². The predicted molar refractivity (Wildman–Crippen MR) is 101 cm³/mol. The normalized spacial score (nSPS) is 15.4. The summed E-state index contributed by atoms with van der Waals surface area (Å²) in [6.07, 6.45) is 0. The largest absolute Gasteiger partial charge is 0.379 e. The Hall–Kier alpha value is -2.49. The Morgan fingerprint density at radius 2 is 1.81 bits per heavy atom. The summed E-state index contributed by atoms with van der Waals surface area (Å²) in [6, 6.07) is 13.6. The van der Waals surface area contributed by atoms with E-state index in [1.165, 1.54) is 16.4 Å². The second-order valence-electron chi connectivity index (χ2n) is 6.27. The molecular formula is C18H21N3O5S. The molecule has 0 aliphatic carbocycles. The molecule has 2 aromatic rings. The first kappa shape index (κ1) is 19.3. The van der Waals surface area contributed by atoms with Crippen molar-refractivity contribution in [3.8, 4) is 0 Å².